The van der Waals surface area contributed by atoms with Gasteiger partial charge >= 0.3 is 7.82 Å². The average molecular weight is 467 g/mol. The second kappa shape index (κ2) is 16.9. The number of Topliss-reactive ketones (excluding diaryl/α,β-unsaturated/α-hetero) is 2. The Labute approximate surface area is 188 Å². The third-order valence-electron chi connectivity index (χ3n) is 4.72. The molecule has 0 heterocycles. The summed E-state index contributed by atoms with van der Waals surface area (Å²) < 4.78 is 33.4. The van der Waals surface area contributed by atoms with Gasteiger partial charge in [0.15, 0.2) is 0 Å². The number of ether oxygens (including phenoxy) is 2. The van der Waals surface area contributed by atoms with Gasteiger partial charge in [-0.05, 0) is 26.7 Å². The van der Waals surface area contributed by atoms with E-state index in [4.69, 9.17) is 18.5 Å². The molecule has 4 unspecified atom stereocenters. The number of phosphoric acid groups is 1. The molecule has 0 fully saturated rings. The van der Waals surface area contributed by atoms with Crippen LogP contribution in [0.15, 0.2) is 0 Å². The van der Waals surface area contributed by atoms with Gasteiger partial charge in [-0.1, -0.05) is 40.5 Å². The number of phosphoric ester groups is 1. The molecule has 0 amide bonds. The molecule has 0 saturated carbocycles. The second-order valence-electron chi connectivity index (χ2n) is 8.30. The highest BCUT2D eigenvalue weighted by Crippen LogP contribution is 2.46. The van der Waals surface area contributed by atoms with Crippen molar-refractivity contribution in [1.82, 2.24) is 0 Å². The first kappa shape index (κ1) is 30.4. The zero-order valence-electron chi connectivity index (χ0n) is 20.1. The fourth-order valence-electron chi connectivity index (χ4n) is 2.72. The topological polar surface area (TPSA) is 108 Å². The van der Waals surface area contributed by atoms with Crippen LogP contribution >= 0.6 is 7.82 Å². The lowest BCUT2D eigenvalue weighted by Crippen LogP contribution is -2.24. The quantitative estimate of drug-likeness (QED) is 0.203. The molecule has 1 N–H and O–H groups in total. The molecule has 0 saturated heterocycles. The maximum Gasteiger partial charge on any atom is 0.472 e. The average Bonchev–Trinajstić information content (AvgIpc) is 2.66. The van der Waals surface area contributed by atoms with Gasteiger partial charge in [-0.25, -0.2) is 4.57 Å². The van der Waals surface area contributed by atoms with Crippen LogP contribution in [0.3, 0.4) is 0 Å². The van der Waals surface area contributed by atoms with Crippen LogP contribution in [0.2, 0.25) is 0 Å². The minimum absolute atomic E-state index is 0.0222. The van der Waals surface area contributed by atoms with Crippen molar-refractivity contribution >= 4 is 19.4 Å². The molecule has 0 aromatic carbocycles. The first-order valence-electron chi connectivity index (χ1n) is 11.4. The van der Waals surface area contributed by atoms with Crippen molar-refractivity contribution in [1.29, 1.82) is 0 Å². The number of carbonyl (C=O) groups is 2. The van der Waals surface area contributed by atoms with E-state index in [-0.39, 0.29) is 36.2 Å². The van der Waals surface area contributed by atoms with Crippen molar-refractivity contribution in [3.05, 3.63) is 0 Å². The first-order chi connectivity index (χ1) is 14.5. The maximum atomic E-state index is 12.3. The third-order valence-corrected chi connectivity index (χ3v) is 5.98. The second-order valence-corrected chi connectivity index (χ2v) is 9.66. The van der Waals surface area contributed by atoms with Gasteiger partial charge in [0.1, 0.15) is 11.6 Å². The molecule has 184 valence electrons. The van der Waals surface area contributed by atoms with Crippen LogP contribution in [0.4, 0.5) is 0 Å². The minimum Gasteiger partial charge on any atom is -0.381 e. The maximum absolute atomic E-state index is 12.3. The van der Waals surface area contributed by atoms with Gasteiger partial charge in [-0.15, -0.1) is 0 Å². The summed E-state index contributed by atoms with van der Waals surface area (Å²) in [5.41, 5.74) is 0. The summed E-state index contributed by atoms with van der Waals surface area (Å²) in [4.78, 5) is 34.5. The number of ketones is 2. The van der Waals surface area contributed by atoms with Gasteiger partial charge < -0.3 is 14.4 Å². The Kier molecular flexibility index (Phi) is 16.6. The Morgan fingerprint density at radius 3 is 1.45 bits per heavy atom. The smallest absolute Gasteiger partial charge is 0.381 e. The Balaban J connectivity index is 4.34. The largest absolute Gasteiger partial charge is 0.472 e. The lowest BCUT2D eigenvalue weighted by atomic mass is 10.0. The standard InChI is InChI=1S/C22H43O8P/c1-7-9-11-27-15-17(3)21(23)13-19(5)29-31(25,26)30-20(6)14-22(24)18(4)16-28-12-10-8-2/h17-20H,7-16H2,1-6H3,(H,25,26). The predicted molar refractivity (Wildman–Crippen MR) is 120 cm³/mol. The Bertz CT molecular complexity index is 510. The van der Waals surface area contributed by atoms with Crippen molar-refractivity contribution in [3.63, 3.8) is 0 Å². The zero-order chi connectivity index (χ0) is 23.9. The van der Waals surface area contributed by atoms with E-state index < -0.39 is 20.0 Å². The van der Waals surface area contributed by atoms with E-state index in [1.54, 1.807) is 27.7 Å². The number of carbonyl (C=O) groups excluding carboxylic acids is 2. The van der Waals surface area contributed by atoms with Crippen molar-refractivity contribution in [2.45, 2.75) is 92.3 Å². The van der Waals surface area contributed by atoms with Crippen LogP contribution in [0.5, 0.6) is 0 Å². The SMILES string of the molecule is CCCCOCC(C)C(=O)CC(C)OP(=O)(O)OC(C)CC(=O)C(C)COCCCC. The Hall–Kier alpha value is -0.630. The molecule has 0 aliphatic carbocycles. The molecule has 0 aliphatic heterocycles. The van der Waals surface area contributed by atoms with Crippen LogP contribution in [0.25, 0.3) is 0 Å². The van der Waals surface area contributed by atoms with Crippen LogP contribution in [-0.4, -0.2) is 55.1 Å². The third kappa shape index (κ3) is 15.8. The van der Waals surface area contributed by atoms with E-state index in [2.05, 4.69) is 13.8 Å². The summed E-state index contributed by atoms with van der Waals surface area (Å²) in [5, 5.41) is 0. The summed E-state index contributed by atoms with van der Waals surface area (Å²) in [5.74, 6) is -0.854. The van der Waals surface area contributed by atoms with Gasteiger partial charge in [0, 0.05) is 37.9 Å². The molecule has 0 aliphatic rings. The molecule has 0 aromatic rings. The molecular weight excluding hydrogens is 423 g/mol. The van der Waals surface area contributed by atoms with Crippen molar-refractivity contribution < 1.29 is 37.6 Å². The Morgan fingerprint density at radius 2 is 1.13 bits per heavy atom. The molecule has 0 bridgehead atoms. The van der Waals surface area contributed by atoms with Crippen LogP contribution < -0.4 is 0 Å². The van der Waals surface area contributed by atoms with Gasteiger partial charge in [0.2, 0.25) is 0 Å². The summed E-state index contributed by atoms with van der Waals surface area (Å²) in [7, 11) is -4.41. The molecule has 8 nitrogen and oxygen atoms in total. The Morgan fingerprint density at radius 1 is 0.774 bits per heavy atom. The van der Waals surface area contributed by atoms with E-state index >= 15 is 0 Å². The van der Waals surface area contributed by atoms with Crippen LogP contribution in [0.1, 0.15) is 80.1 Å². The highest BCUT2D eigenvalue weighted by molar-refractivity contribution is 7.47. The minimum atomic E-state index is -4.41. The van der Waals surface area contributed by atoms with Gasteiger partial charge in [0.05, 0.1) is 25.4 Å². The molecule has 31 heavy (non-hydrogen) atoms. The molecule has 9 heteroatoms. The number of hydrogen-bond donors (Lipinski definition) is 1. The van der Waals surface area contributed by atoms with Gasteiger partial charge in [-0.3, -0.25) is 18.6 Å². The normalized spacial score (nSPS) is 17.5. The predicted octanol–water partition coefficient (Wildman–Crippen LogP) is 4.72. The lowest BCUT2D eigenvalue weighted by molar-refractivity contribution is -0.126. The van der Waals surface area contributed by atoms with Crippen LogP contribution in [-0.2, 0) is 32.7 Å². The monoisotopic (exact) mass is 466 g/mol. The van der Waals surface area contributed by atoms with Gasteiger partial charge in [-0.2, -0.15) is 0 Å². The molecule has 0 spiro atoms. The zero-order valence-corrected chi connectivity index (χ0v) is 21.0. The summed E-state index contributed by atoms with van der Waals surface area (Å²) >= 11 is 0. The van der Waals surface area contributed by atoms with Crippen LogP contribution in [0, 0.1) is 11.8 Å². The number of hydrogen-bond acceptors (Lipinski definition) is 7. The molecule has 0 rings (SSSR count). The molecule has 0 aromatic heterocycles. The summed E-state index contributed by atoms with van der Waals surface area (Å²) in [6.45, 7) is 12.6. The highest BCUT2D eigenvalue weighted by atomic mass is 31.2. The van der Waals surface area contributed by atoms with Crippen molar-refractivity contribution in [2.75, 3.05) is 26.4 Å². The number of unbranched alkanes of at least 4 members (excludes halogenated alkanes) is 2. The fraction of sp³-hybridized carbons (Fsp3) is 0.909. The van der Waals surface area contributed by atoms with Crippen molar-refractivity contribution in [2.24, 2.45) is 11.8 Å². The first-order valence-corrected chi connectivity index (χ1v) is 12.9. The lowest BCUT2D eigenvalue weighted by Gasteiger charge is -2.22. The van der Waals surface area contributed by atoms with Gasteiger partial charge in [0.25, 0.3) is 0 Å². The van der Waals surface area contributed by atoms with E-state index in [9.17, 15) is 19.0 Å². The molecule has 0 radical (unpaired) electrons. The molecular formula is C22H43O8P. The molecule has 4 atom stereocenters. The number of rotatable bonds is 20. The van der Waals surface area contributed by atoms with E-state index in [0.717, 1.165) is 25.7 Å². The fourth-order valence-corrected chi connectivity index (χ4v) is 3.83. The van der Waals surface area contributed by atoms with Crippen molar-refractivity contribution in [3.8, 4) is 0 Å². The highest BCUT2D eigenvalue weighted by Gasteiger charge is 2.30. The van der Waals surface area contributed by atoms with E-state index in [0.29, 0.717) is 26.4 Å². The summed E-state index contributed by atoms with van der Waals surface area (Å²) in [6, 6.07) is 0. The van der Waals surface area contributed by atoms with E-state index in [1.807, 2.05) is 0 Å². The van der Waals surface area contributed by atoms with E-state index in [1.165, 1.54) is 0 Å². The summed E-state index contributed by atoms with van der Waals surface area (Å²) in [6.07, 6.45) is 2.29.